The zero-order valence-corrected chi connectivity index (χ0v) is 8.23. The van der Waals surface area contributed by atoms with E-state index < -0.39 is 0 Å². The summed E-state index contributed by atoms with van der Waals surface area (Å²) in [6.07, 6.45) is 3.02. The third kappa shape index (κ3) is 1.62. The average Bonchev–Trinajstić information content (AvgIpc) is 2.23. The molecule has 0 spiro atoms. The molecule has 0 saturated heterocycles. The molecule has 0 aliphatic carbocycles. The standard InChI is InChI=1S/C11H11N3/c1-8-3-4-10(5-9(8)2)11-13-6-12-7-14-11/h3-7H,1-2H3. The van der Waals surface area contributed by atoms with Gasteiger partial charge in [-0.2, -0.15) is 0 Å². The van der Waals surface area contributed by atoms with Crippen molar-refractivity contribution in [2.75, 3.05) is 0 Å². The number of hydrogen-bond acceptors (Lipinski definition) is 3. The normalized spacial score (nSPS) is 10.1. The van der Waals surface area contributed by atoms with Crippen molar-refractivity contribution >= 4 is 0 Å². The fourth-order valence-electron chi connectivity index (χ4n) is 1.27. The van der Waals surface area contributed by atoms with Crippen LogP contribution < -0.4 is 0 Å². The van der Waals surface area contributed by atoms with Crippen LogP contribution in [0.2, 0.25) is 0 Å². The molecule has 70 valence electrons. The van der Waals surface area contributed by atoms with Gasteiger partial charge in [-0.1, -0.05) is 12.1 Å². The monoisotopic (exact) mass is 185 g/mol. The summed E-state index contributed by atoms with van der Waals surface area (Å²) < 4.78 is 0. The smallest absolute Gasteiger partial charge is 0.162 e. The zero-order valence-electron chi connectivity index (χ0n) is 8.23. The molecule has 0 aliphatic heterocycles. The number of benzene rings is 1. The van der Waals surface area contributed by atoms with E-state index in [0.29, 0.717) is 0 Å². The number of aryl methyl sites for hydroxylation is 2. The Bertz CT molecular complexity index is 438. The molecule has 14 heavy (non-hydrogen) atoms. The highest BCUT2D eigenvalue weighted by Gasteiger charge is 2.00. The Labute approximate surface area is 82.9 Å². The molecule has 1 aromatic heterocycles. The van der Waals surface area contributed by atoms with Crippen molar-refractivity contribution < 1.29 is 0 Å². The summed E-state index contributed by atoms with van der Waals surface area (Å²) >= 11 is 0. The van der Waals surface area contributed by atoms with Gasteiger partial charge < -0.3 is 0 Å². The minimum atomic E-state index is 0.725. The molecule has 1 heterocycles. The second-order valence-electron chi connectivity index (χ2n) is 3.26. The van der Waals surface area contributed by atoms with E-state index >= 15 is 0 Å². The largest absolute Gasteiger partial charge is 0.225 e. The Morgan fingerprint density at radius 3 is 2.29 bits per heavy atom. The summed E-state index contributed by atoms with van der Waals surface area (Å²) in [6.45, 7) is 4.17. The maximum Gasteiger partial charge on any atom is 0.162 e. The molecule has 0 radical (unpaired) electrons. The molecule has 0 fully saturated rings. The first kappa shape index (κ1) is 8.81. The van der Waals surface area contributed by atoms with E-state index in [9.17, 15) is 0 Å². The van der Waals surface area contributed by atoms with Crippen LogP contribution in [0.25, 0.3) is 11.4 Å². The van der Waals surface area contributed by atoms with Crippen molar-refractivity contribution in [1.82, 2.24) is 15.0 Å². The second-order valence-corrected chi connectivity index (χ2v) is 3.26. The summed E-state index contributed by atoms with van der Waals surface area (Å²) in [5.41, 5.74) is 3.57. The topological polar surface area (TPSA) is 38.7 Å². The highest BCUT2D eigenvalue weighted by molar-refractivity contribution is 5.56. The molecule has 0 atom stereocenters. The summed E-state index contributed by atoms with van der Waals surface area (Å²) in [7, 11) is 0. The number of nitrogens with zero attached hydrogens (tertiary/aromatic N) is 3. The molecule has 0 unspecified atom stereocenters. The molecule has 3 heteroatoms. The molecule has 0 saturated carbocycles. The predicted molar refractivity (Wildman–Crippen MR) is 54.7 cm³/mol. The molecular formula is C11H11N3. The first-order chi connectivity index (χ1) is 6.77. The summed E-state index contributed by atoms with van der Waals surface area (Å²) in [5, 5.41) is 0. The van der Waals surface area contributed by atoms with Crippen LogP contribution in [0.15, 0.2) is 30.9 Å². The fourth-order valence-corrected chi connectivity index (χ4v) is 1.27. The predicted octanol–water partition coefficient (Wildman–Crippen LogP) is 2.16. The minimum absolute atomic E-state index is 0.725. The number of rotatable bonds is 1. The molecule has 1 aromatic carbocycles. The summed E-state index contributed by atoms with van der Waals surface area (Å²) in [6, 6.07) is 6.19. The molecule has 2 rings (SSSR count). The summed E-state index contributed by atoms with van der Waals surface area (Å²) in [4.78, 5) is 12.0. The van der Waals surface area contributed by atoms with Gasteiger partial charge in [0.2, 0.25) is 0 Å². The van der Waals surface area contributed by atoms with Crippen molar-refractivity contribution in [3.05, 3.63) is 42.0 Å². The van der Waals surface area contributed by atoms with Gasteiger partial charge in [-0.3, -0.25) is 0 Å². The molecule has 0 bridgehead atoms. The molecule has 0 amide bonds. The van der Waals surface area contributed by atoms with Crippen LogP contribution in [0.1, 0.15) is 11.1 Å². The molecule has 3 nitrogen and oxygen atoms in total. The van der Waals surface area contributed by atoms with Gasteiger partial charge >= 0.3 is 0 Å². The Morgan fingerprint density at radius 1 is 0.929 bits per heavy atom. The Morgan fingerprint density at radius 2 is 1.64 bits per heavy atom. The van der Waals surface area contributed by atoms with Gasteiger partial charge in [-0.25, -0.2) is 15.0 Å². The van der Waals surface area contributed by atoms with E-state index in [1.54, 1.807) is 0 Å². The van der Waals surface area contributed by atoms with E-state index in [0.717, 1.165) is 11.4 Å². The first-order valence-corrected chi connectivity index (χ1v) is 4.47. The van der Waals surface area contributed by atoms with E-state index in [4.69, 9.17) is 0 Å². The van der Waals surface area contributed by atoms with E-state index in [2.05, 4.69) is 40.9 Å². The lowest BCUT2D eigenvalue weighted by molar-refractivity contribution is 1.05. The van der Waals surface area contributed by atoms with E-state index in [-0.39, 0.29) is 0 Å². The van der Waals surface area contributed by atoms with Crippen LogP contribution in [0.4, 0.5) is 0 Å². The Hall–Kier alpha value is -1.77. The maximum absolute atomic E-state index is 4.10. The maximum atomic E-state index is 4.10. The summed E-state index contributed by atoms with van der Waals surface area (Å²) in [5.74, 6) is 0.725. The Kier molecular flexibility index (Phi) is 2.23. The fraction of sp³-hybridized carbons (Fsp3) is 0.182. The van der Waals surface area contributed by atoms with Crippen molar-refractivity contribution in [3.63, 3.8) is 0 Å². The van der Waals surface area contributed by atoms with Crippen LogP contribution >= 0.6 is 0 Å². The highest BCUT2D eigenvalue weighted by atomic mass is 15.0. The SMILES string of the molecule is Cc1ccc(-c2ncncn2)cc1C. The third-order valence-electron chi connectivity index (χ3n) is 2.26. The average molecular weight is 185 g/mol. The first-order valence-electron chi connectivity index (χ1n) is 4.47. The van der Waals surface area contributed by atoms with E-state index in [1.165, 1.54) is 23.8 Å². The lowest BCUT2D eigenvalue weighted by Gasteiger charge is -2.02. The van der Waals surface area contributed by atoms with Crippen LogP contribution in [-0.2, 0) is 0 Å². The quantitative estimate of drug-likeness (QED) is 0.683. The molecular weight excluding hydrogens is 174 g/mol. The van der Waals surface area contributed by atoms with Gasteiger partial charge in [-0.05, 0) is 31.0 Å². The molecule has 0 N–H and O–H groups in total. The van der Waals surface area contributed by atoms with E-state index in [1.807, 2.05) is 6.07 Å². The van der Waals surface area contributed by atoms with Gasteiger partial charge in [0.1, 0.15) is 12.7 Å². The van der Waals surface area contributed by atoms with Gasteiger partial charge in [0.25, 0.3) is 0 Å². The van der Waals surface area contributed by atoms with Crippen molar-refractivity contribution in [1.29, 1.82) is 0 Å². The minimum Gasteiger partial charge on any atom is -0.225 e. The van der Waals surface area contributed by atoms with Gasteiger partial charge in [0.05, 0.1) is 0 Å². The number of hydrogen-bond donors (Lipinski definition) is 0. The zero-order chi connectivity index (χ0) is 9.97. The molecule has 0 aliphatic rings. The van der Waals surface area contributed by atoms with Crippen LogP contribution in [-0.4, -0.2) is 15.0 Å². The lowest BCUT2D eigenvalue weighted by atomic mass is 10.1. The third-order valence-corrected chi connectivity index (χ3v) is 2.26. The van der Waals surface area contributed by atoms with Crippen molar-refractivity contribution in [2.24, 2.45) is 0 Å². The lowest BCUT2D eigenvalue weighted by Crippen LogP contribution is -1.90. The van der Waals surface area contributed by atoms with Gasteiger partial charge in [0.15, 0.2) is 5.82 Å². The molecule has 2 aromatic rings. The van der Waals surface area contributed by atoms with Gasteiger partial charge in [-0.15, -0.1) is 0 Å². The second kappa shape index (κ2) is 3.54. The Balaban J connectivity index is 2.48. The van der Waals surface area contributed by atoms with Crippen molar-refractivity contribution in [3.8, 4) is 11.4 Å². The van der Waals surface area contributed by atoms with Crippen LogP contribution in [0.5, 0.6) is 0 Å². The highest BCUT2D eigenvalue weighted by Crippen LogP contribution is 2.17. The van der Waals surface area contributed by atoms with Crippen LogP contribution in [0.3, 0.4) is 0 Å². The van der Waals surface area contributed by atoms with Crippen LogP contribution in [0, 0.1) is 13.8 Å². The number of aromatic nitrogens is 3. The van der Waals surface area contributed by atoms with Gasteiger partial charge in [0, 0.05) is 5.56 Å². The van der Waals surface area contributed by atoms with Crippen molar-refractivity contribution in [2.45, 2.75) is 13.8 Å².